The maximum absolute atomic E-state index is 12.4. The van der Waals surface area contributed by atoms with Gasteiger partial charge in [-0.05, 0) is 30.4 Å². The van der Waals surface area contributed by atoms with Gasteiger partial charge in [0.2, 0.25) is 0 Å². The molecule has 1 aliphatic carbocycles. The van der Waals surface area contributed by atoms with Gasteiger partial charge in [0.05, 0.1) is 16.9 Å². The van der Waals surface area contributed by atoms with Crippen LogP contribution in [-0.2, 0) is 0 Å². The monoisotopic (exact) mass is 273 g/mol. The summed E-state index contributed by atoms with van der Waals surface area (Å²) in [5.41, 5.74) is 3.00. The average Bonchev–Trinajstić information content (AvgIpc) is 2.91. The highest BCUT2D eigenvalue weighted by atomic mass is 16.1. The van der Waals surface area contributed by atoms with Gasteiger partial charge in [0.25, 0.3) is 5.91 Å². The van der Waals surface area contributed by atoms with Crippen molar-refractivity contribution < 1.29 is 4.79 Å². The third-order valence-electron chi connectivity index (χ3n) is 4.54. The summed E-state index contributed by atoms with van der Waals surface area (Å²) >= 11 is 0. The van der Waals surface area contributed by atoms with Gasteiger partial charge >= 0.3 is 0 Å². The van der Waals surface area contributed by atoms with Gasteiger partial charge < -0.3 is 16.0 Å². The second kappa shape index (κ2) is 5.35. The number of rotatable bonds is 3. The van der Waals surface area contributed by atoms with Crippen LogP contribution < -0.4 is 16.0 Å². The molecular formula is C16H23N3O. The van der Waals surface area contributed by atoms with Crippen LogP contribution in [0.1, 0.15) is 43.0 Å². The highest BCUT2D eigenvalue weighted by molar-refractivity contribution is 6.02. The minimum atomic E-state index is 0.0335. The summed E-state index contributed by atoms with van der Waals surface area (Å²) in [6, 6.07) is 5.84. The first kappa shape index (κ1) is 13.3. The predicted octanol–water partition coefficient (Wildman–Crippen LogP) is 2.83. The summed E-state index contributed by atoms with van der Waals surface area (Å²) in [6.07, 6.45) is 5.02. The summed E-state index contributed by atoms with van der Waals surface area (Å²) in [5.74, 6) is 0.0335. The molecule has 20 heavy (non-hydrogen) atoms. The molecule has 1 heterocycles. The first-order valence-electron chi connectivity index (χ1n) is 7.57. The second-order valence-corrected chi connectivity index (χ2v) is 6.28. The second-order valence-electron chi connectivity index (χ2n) is 6.28. The van der Waals surface area contributed by atoms with E-state index in [1.165, 1.54) is 25.7 Å². The van der Waals surface area contributed by atoms with E-state index in [1.54, 1.807) is 0 Å². The summed E-state index contributed by atoms with van der Waals surface area (Å²) in [7, 11) is 0. The van der Waals surface area contributed by atoms with Crippen LogP contribution in [0.25, 0.3) is 0 Å². The molecule has 4 nitrogen and oxygen atoms in total. The van der Waals surface area contributed by atoms with Crippen LogP contribution in [0.3, 0.4) is 0 Å². The Morgan fingerprint density at radius 2 is 2.00 bits per heavy atom. The van der Waals surface area contributed by atoms with Crippen molar-refractivity contribution in [1.29, 1.82) is 0 Å². The number of fused-ring (bicyclic) bond motifs is 1. The highest BCUT2D eigenvalue weighted by Gasteiger charge is 2.29. The highest BCUT2D eigenvalue weighted by Crippen LogP contribution is 2.37. The molecule has 0 spiro atoms. The van der Waals surface area contributed by atoms with Gasteiger partial charge in [0.15, 0.2) is 0 Å². The van der Waals surface area contributed by atoms with Gasteiger partial charge in [-0.3, -0.25) is 4.79 Å². The molecule has 3 N–H and O–H groups in total. The van der Waals surface area contributed by atoms with Crippen molar-refractivity contribution in [2.45, 2.75) is 32.6 Å². The smallest absolute Gasteiger partial charge is 0.253 e. The van der Waals surface area contributed by atoms with Gasteiger partial charge in [-0.25, -0.2) is 0 Å². The predicted molar refractivity (Wildman–Crippen MR) is 82.3 cm³/mol. The largest absolute Gasteiger partial charge is 0.382 e. The molecule has 108 valence electrons. The molecule has 1 amide bonds. The van der Waals surface area contributed by atoms with Crippen LogP contribution in [0.2, 0.25) is 0 Å². The van der Waals surface area contributed by atoms with Crippen molar-refractivity contribution in [2.75, 3.05) is 30.3 Å². The Morgan fingerprint density at radius 1 is 1.25 bits per heavy atom. The molecule has 0 unspecified atom stereocenters. The molecule has 1 aromatic carbocycles. The van der Waals surface area contributed by atoms with E-state index in [0.29, 0.717) is 0 Å². The van der Waals surface area contributed by atoms with E-state index in [1.807, 2.05) is 18.2 Å². The lowest BCUT2D eigenvalue weighted by atomic mass is 9.89. The zero-order valence-corrected chi connectivity index (χ0v) is 12.1. The van der Waals surface area contributed by atoms with E-state index >= 15 is 0 Å². The van der Waals surface area contributed by atoms with Crippen LogP contribution in [0.15, 0.2) is 18.2 Å². The number of para-hydroxylation sites is 1. The average molecular weight is 273 g/mol. The molecule has 2 aliphatic rings. The number of benzene rings is 1. The summed E-state index contributed by atoms with van der Waals surface area (Å²) in [5, 5.41) is 9.77. The zero-order chi connectivity index (χ0) is 14.0. The lowest BCUT2D eigenvalue weighted by Crippen LogP contribution is -2.35. The Balaban J connectivity index is 1.71. The Hall–Kier alpha value is -1.71. The first-order chi connectivity index (χ1) is 9.68. The van der Waals surface area contributed by atoms with E-state index in [2.05, 4.69) is 22.9 Å². The Kier molecular flexibility index (Phi) is 3.55. The molecule has 1 saturated carbocycles. The number of nitrogens with one attached hydrogen (secondary N) is 3. The molecular weight excluding hydrogens is 250 g/mol. The van der Waals surface area contributed by atoms with Crippen molar-refractivity contribution in [1.82, 2.24) is 5.32 Å². The van der Waals surface area contributed by atoms with E-state index in [9.17, 15) is 4.79 Å². The standard InChI is InChI=1S/C16H23N3O/c1-16(7-2-3-8-16)11-19-15(20)12-5-4-6-13-14(12)18-10-9-17-13/h4-6,17-18H,2-3,7-11H2,1H3,(H,19,20). The lowest BCUT2D eigenvalue weighted by molar-refractivity contribution is 0.0935. The van der Waals surface area contributed by atoms with Gasteiger partial charge in [-0.2, -0.15) is 0 Å². The topological polar surface area (TPSA) is 53.2 Å². The van der Waals surface area contributed by atoms with Crippen molar-refractivity contribution in [3.63, 3.8) is 0 Å². The molecule has 1 fully saturated rings. The molecule has 0 atom stereocenters. The maximum Gasteiger partial charge on any atom is 0.253 e. The number of carbonyl (C=O) groups excluding carboxylic acids is 1. The van der Waals surface area contributed by atoms with Crippen LogP contribution in [0.4, 0.5) is 11.4 Å². The number of carbonyl (C=O) groups is 1. The van der Waals surface area contributed by atoms with Crippen molar-refractivity contribution >= 4 is 17.3 Å². The fourth-order valence-corrected chi connectivity index (χ4v) is 3.26. The number of anilines is 2. The van der Waals surface area contributed by atoms with E-state index in [4.69, 9.17) is 0 Å². The summed E-state index contributed by atoms with van der Waals surface area (Å²) in [4.78, 5) is 12.4. The van der Waals surface area contributed by atoms with Crippen molar-refractivity contribution in [3.8, 4) is 0 Å². The fourth-order valence-electron chi connectivity index (χ4n) is 3.26. The maximum atomic E-state index is 12.4. The first-order valence-corrected chi connectivity index (χ1v) is 7.57. The molecule has 4 heteroatoms. The van der Waals surface area contributed by atoms with Gasteiger partial charge in [0.1, 0.15) is 0 Å². The lowest BCUT2D eigenvalue weighted by Gasteiger charge is -2.25. The SMILES string of the molecule is CC1(CNC(=O)c2cccc3c2NCCN3)CCCC1. The Bertz CT molecular complexity index is 506. The molecule has 1 aliphatic heterocycles. The van der Waals surface area contributed by atoms with Crippen LogP contribution in [-0.4, -0.2) is 25.5 Å². The van der Waals surface area contributed by atoms with E-state index in [0.717, 1.165) is 36.6 Å². The van der Waals surface area contributed by atoms with Crippen LogP contribution in [0, 0.1) is 5.41 Å². The molecule has 1 aromatic rings. The Morgan fingerprint density at radius 3 is 2.80 bits per heavy atom. The quantitative estimate of drug-likeness (QED) is 0.794. The fraction of sp³-hybridized carbons (Fsp3) is 0.562. The number of hydrogen-bond acceptors (Lipinski definition) is 3. The third-order valence-corrected chi connectivity index (χ3v) is 4.54. The van der Waals surface area contributed by atoms with E-state index in [-0.39, 0.29) is 11.3 Å². The minimum Gasteiger partial charge on any atom is -0.382 e. The van der Waals surface area contributed by atoms with Gasteiger partial charge in [-0.1, -0.05) is 25.8 Å². The minimum absolute atomic E-state index is 0.0335. The number of hydrogen-bond donors (Lipinski definition) is 3. The van der Waals surface area contributed by atoms with Crippen LogP contribution >= 0.6 is 0 Å². The van der Waals surface area contributed by atoms with E-state index < -0.39 is 0 Å². The molecule has 0 bridgehead atoms. The molecule has 0 saturated heterocycles. The molecule has 3 rings (SSSR count). The van der Waals surface area contributed by atoms with Crippen molar-refractivity contribution in [2.24, 2.45) is 5.41 Å². The third kappa shape index (κ3) is 2.60. The molecule has 0 aromatic heterocycles. The zero-order valence-electron chi connectivity index (χ0n) is 12.1. The Labute approximate surface area is 120 Å². The van der Waals surface area contributed by atoms with Gasteiger partial charge in [-0.15, -0.1) is 0 Å². The van der Waals surface area contributed by atoms with Crippen LogP contribution in [0.5, 0.6) is 0 Å². The summed E-state index contributed by atoms with van der Waals surface area (Å²) < 4.78 is 0. The summed E-state index contributed by atoms with van der Waals surface area (Å²) in [6.45, 7) is 4.81. The number of amides is 1. The van der Waals surface area contributed by atoms with Gasteiger partial charge in [0, 0.05) is 19.6 Å². The van der Waals surface area contributed by atoms with Crippen molar-refractivity contribution in [3.05, 3.63) is 23.8 Å². The molecule has 0 radical (unpaired) electrons. The normalized spacial score (nSPS) is 19.6.